The normalized spacial score (nSPS) is 16.1. The number of aliphatic hydroxyl groups is 1. The average Bonchev–Trinajstić information content (AvgIpc) is 2.07. The van der Waals surface area contributed by atoms with Crippen molar-refractivity contribution in [2.45, 2.75) is 45.0 Å². The van der Waals surface area contributed by atoms with Crippen LogP contribution in [-0.2, 0) is 4.74 Å². The van der Waals surface area contributed by atoms with Gasteiger partial charge >= 0.3 is 6.18 Å². The van der Waals surface area contributed by atoms with E-state index in [2.05, 4.69) is 10.1 Å². The molecule has 0 aliphatic carbocycles. The lowest BCUT2D eigenvalue weighted by atomic mass is 10.1. The van der Waals surface area contributed by atoms with Crippen molar-refractivity contribution in [1.29, 1.82) is 0 Å². The molecular weight excluding hydrogens is 223 g/mol. The lowest BCUT2D eigenvalue weighted by Gasteiger charge is -2.15. The Morgan fingerprint density at radius 1 is 1.31 bits per heavy atom. The average molecular weight is 243 g/mol. The summed E-state index contributed by atoms with van der Waals surface area (Å²) in [6.45, 7) is 3.11. The van der Waals surface area contributed by atoms with Gasteiger partial charge in [0.05, 0.1) is 6.10 Å². The lowest BCUT2D eigenvalue weighted by Crippen LogP contribution is -2.30. The van der Waals surface area contributed by atoms with Crippen molar-refractivity contribution in [3.63, 3.8) is 0 Å². The van der Waals surface area contributed by atoms with Gasteiger partial charge in [0.25, 0.3) is 0 Å². The predicted molar refractivity (Wildman–Crippen MR) is 55.3 cm³/mol. The summed E-state index contributed by atoms with van der Waals surface area (Å²) < 4.78 is 39.5. The fraction of sp³-hybridized carbons (Fsp3) is 1.00. The maximum atomic E-state index is 11.7. The summed E-state index contributed by atoms with van der Waals surface area (Å²) in [7, 11) is 0. The molecule has 2 atom stereocenters. The summed E-state index contributed by atoms with van der Waals surface area (Å²) in [4.78, 5) is 0. The summed E-state index contributed by atoms with van der Waals surface area (Å²) in [5, 5.41) is 12.2. The molecule has 16 heavy (non-hydrogen) atoms. The monoisotopic (exact) mass is 243 g/mol. The van der Waals surface area contributed by atoms with Gasteiger partial charge in [-0.05, 0) is 33.2 Å². The molecule has 0 saturated heterocycles. The second-order valence-electron chi connectivity index (χ2n) is 3.96. The van der Waals surface area contributed by atoms with Gasteiger partial charge in [0, 0.05) is 12.6 Å². The largest absolute Gasteiger partial charge is 0.411 e. The van der Waals surface area contributed by atoms with Gasteiger partial charge in [-0.2, -0.15) is 13.2 Å². The third-order valence-electron chi connectivity index (χ3n) is 1.92. The van der Waals surface area contributed by atoms with E-state index in [0.29, 0.717) is 19.4 Å². The van der Waals surface area contributed by atoms with E-state index in [4.69, 9.17) is 5.11 Å². The van der Waals surface area contributed by atoms with Gasteiger partial charge in [0.2, 0.25) is 0 Å². The maximum Gasteiger partial charge on any atom is 0.411 e. The topological polar surface area (TPSA) is 41.5 Å². The molecule has 0 bridgehead atoms. The summed E-state index contributed by atoms with van der Waals surface area (Å²) in [5.41, 5.74) is 0. The van der Waals surface area contributed by atoms with Gasteiger partial charge in [0.1, 0.15) is 6.61 Å². The van der Waals surface area contributed by atoms with Crippen LogP contribution in [0.3, 0.4) is 0 Å². The van der Waals surface area contributed by atoms with Crippen LogP contribution >= 0.6 is 0 Å². The maximum absolute atomic E-state index is 11.7. The first kappa shape index (κ1) is 15.7. The molecule has 0 aliphatic heterocycles. The highest BCUT2D eigenvalue weighted by Crippen LogP contribution is 2.14. The SMILES string of the molecule is CC(O)CC(C)NCCCOCC(F)(F)F. The molecule has 0 aromatic heterocycles. The zero-order valence-corrected chi connectivity index (χ0v) is 9.68. The second kappa shape index (κ2) is 7.86. The van der Waals surface area contributed by atoms with Crippen LogP contribution in [0.2, 0.25) is 0 Å². The van der Waals surface area contributed by atoms with E-state index in [9.17, 15) is 13.2 Å². The van der Waals surface area contributed by atoms with Crippen LogP contribution in [0.4, 0.5) is 13.2 Å². The van der Waals surface area contributed by atoms with E-state index in [0.717, 1.165) is 0 Å². The minimum Gasteiger partial charge on any atom is -0.393 e. The summed E-state index contributed by atoms with van der Waals surface area (Å²) in [6.07, 6.45) is -3.46. The van der Waals surface area contributed by atoms with Gasteiger partial charge in [0.15, 0.2) is 0 Å². The van der Waals surface area contributed by atoms with Crippen molar-refractivity contribution < 1.29 is 23.0 Å². The fourth-order valence-electron chi connectivity index (χ4n) is 1.31. The molecule has 0 aromatic carbocycles. The van der Waals surface area contributed by atoms with Gasteiger partial charge in [-0.15, -0.1) is 0 Å². The number of alkyl halides is 3. The smallest absolute Gasteiger partial charge is 0.393 e. The van der Waals surface area contributed by atoms with Crippen LogP contribution in [0.25, 0.3) is 0 Å². The predicted octanol–water partition coefficient (Wildman–Crippen LogP) is 1.70. The summed E-state index contributed by atoms with van der Waals surface area (Å²) in [5.74, 6) is 0. The molecule has 0 aliphatic rings. The highest BCUT2D eigenvalue weighted by atomic mass is 19.4. The van der Waals surface area contributed by atoms with E-state index in [1.807, 2.05) is 6.92 Å². The molecule has 2 N–H and O–H groups in total. The Bertz CT molecular complexity index is 174. The third-order valence-corrected chi connectivity index (χ3v) is 1.92. The summed E-state index contributed by atoms with van der Waals surface area (Å²) in [6, 6.07) is 0.155. The minimum atomic E-state index is -4.24. The zero-order chi connectivity index (χ0) is 12.6. The molecular formula is C10H20F3NO2. The number of aliphatic hydroxyl groups excluding tert-OH is 1. The van der Waals surface area contributed by atoms with E-state index in [1.165, 1.54) is 0 Å². The molecule has 0 fully saturated rings. The number of halogens is 3. The molecule has 6 heteroatoms. The van der Waals surface area contributed by atoms with Crippen LogP contribution < -0.4 is 5.32 Å². The first-order chi connectivity index (χ1) is 7.31. The van der Waals surface area contributed by atoms with Crippen molar-refractivity contribution in [1.82, 2.24) is 5.32 Å². The highest BCUT2D eigenvalue weighted by Gasteiger charge is 2.27. The minimum absolute atomic E-state index is 0.0912. The summed E-state index contributed by atoms with van der Waals surface area (Å²) >= 11 is 0. The van der Waals surface area contributed by atoms with Gasteiger partial charge in [-0.1, -0.05) is 0 Å². The number of ether oxygens (including phenoxy) is 1. The third kappa shape index (κ3) is 11.7. The van der Waals surface area contributed by atoms with E-state index >= 15 is 0 Å². The van der Waals surface area contributed by atoms with Crippen LogP contribution in [0.5, 0.6) is 0 Å². The Hall–Kier alpha value is -0.330. The van der Waals surface area contributed by atoms with Gasteiger partial charge in [-0.25, -0.2) is 0 Å². The molecule has 2 unspecified atom stereocenters. The Labute approximate surface area is 94.0 Å². The number of hydrogen-bond donors (Lipinski definition) is 2. The number of rotatable bonds is 8. The second-order valence-corrected chi connectivity index (χ2v) is 3.96. The van der Waals surface area contributed by atoms with Crippen LogP contribution in [0.15, 0.2) is 0 Å². The standard InChI is InChI=1S/C10H20F3NO2/c1-8(6-9(2)15)14-4-3-5-16-7-10(11,12)13/h8-9,14-15H,3-7H2,1-2H3. The number of nitrogens with one attached hydrogen (secondary N) is 1. The zero-order valence-electron chi connectivity index (χ0n) is 9.68. The van der Waals surface area contributed by atoms with Gasteiger partial charge in [-0.3, -0.25) is 0 Å². The molecule has 0 saturated carbocycles. The molecule has 0 rings (SSSR count). The van der Waals surface area contributed by atoms with Crippen LogP contribution in [0, 0.1) is 0 Å². The molecule has 98 valence electrons. The molecule has 0 amide bonds. The number of hydrogen-bond acceptors (Lipinski definition) is 3. The van der Waals surface area contributed by atoms with E-state index in [-0.39, 0.29) is 18.8 Å². The van der Waals surface area contributed by atoms with Gasteiger partial charge < -0.3 is 15.2 Å². The van der Waals surface area contributed by atoms with Crippen molar-refractivity contribution in [2.24, 2.45) is 0 Å². The van der Waals surface area contributed by atoms with Crippen molar-refractivity contribution in [3.05, 3.63) is 0 Å². The van der Waals surface area contributed by atoms with Crippen molar-refractivity contribution >= 4 is 0 Å². The Morgan fingerprint density at radius 2 is 1.94 bits per heavy atom. The Kier molecular flexibility index (Phi) is 7.70. The van der Waals surface area contributed by atoms with Crippen molar-refractivity contribution in [2.75, 3.05) is 19.8 Å². The molecule has 0 radical (unpaired) electrons. The Morgan fingerprint density at radius 3 is 2.44 bits per heavy atom. The van der Waals surface area contributed by atoms with E-state index in [1.54, 1.807) is 6.92 Å². The van der Waals surface area contributed by atoms with E-state index < -0.39 is 12.8 Å². The molecule has 3 nitrogen and oxygen atoms in total. The molecule has 0 spiro atoms. The van der Waals surface area contributed by atoms with Crippen LogP contribution in [0.1, 0.15) is 26.7 Å². The first-order valence-corrected chi connectivity index (χ1v) is 5.37. The molecule has 0 heterocycles. The van der Waals surface area contributed by atoms with Crippen molar-refractivity contribution in [3.8, 4) is 0 Å². The quantitative estimate of drug-likeness (QED) is 0.638. The fourth-order valence-corrected chi connectivity index (χ4v) is 1.31. The Balaban J connectivity index is 3.27. The van der Waals surface area contributed by atoms with Crippen LogP contribution in [-0.4, -0.2) is 43.2 Å². The molecule has 0 aromatic rings. The lowest BCUT2D eigenvalue weighted by molar-refractivity contribution is -0.173. The highest BCUT2D eigenvalue weighted by molar-refractivity contribution is 4.63. The first-order valence-electron chi connectivity index (χ1n) is 5.37.